The zero-order valence-corrected chi connectivity index (χ0v) is 13.3. The number of benzene rings is 1. The number of carbonyl (C=O) groups is 1. The first kappa shape index (κ1) is 14.3. The average molecular weight is 322 g/mol. The first-order valence-corrected chi connectivity index (χ1v) is 7.35. The van der Waals surface area contributed by atoms with Gasteiger partial charge in [0, 0.05) is 23.4 Å². The summed E-state index contributed by atoms with van der Waals surface area (Å²) < 4.78 is 0.984. The predicted octanol–water partition coefficient (Wildman–Crippen LogP) is 4.29. The molecule has 0 N–H and O–H groups in total. The van der Waals surface area contributed by atoms with Gasteiger partial charge in [0.25, 0.3) is 0 Å². The van der Waals surface area contributed by atoms with Crippen LogP contribution < -0.4 is 4.90 Å². The molecule has 1 aliphatic heterocycles. The van der Waals surface area contributed by atoms with Crippen molar-refractivity contribution in [1.29, 1.82) is 0 Å². The summed E-state index contributed by atoms with van der Waals surface area (Å²) in [6, 6.07) is 6.26. The lowest BCUT2D eigenvalue weighted by Gasteiger charge is -2.23. The van der Waals surface area contributed by atoms with Crippen LogP contribution in [0.25, 0.3) is 0 Å². The third-order valence-corrected chi connectivity index (χ3v) is 4.23. The predicted molar refractivity (Wildman–Crippen MR) is 83.5 cm³/mol. The van der Waals surface area contributed by atoms with Crippen molar-refractivity contribution in [2.75, 3.05) is 11.4 Å². The molecule has 3 heteroatoms. The summed E-state index contributed by atoms with van der Waals surface area (Å²) in [5, 5.41) is 0. The van der Waals surface area contributed by atoms with E-state index < -0.39 is 0 Å². The lowest BCUT2D eigenvalue weighted by Crippen LogP contribution is -2.25. The van der Waals surface area contributed by atoms with E-state index in [1.165, 1.54) is 5.56 Å². The SMILES string of the molecule is C=CC1CC(=O)N(c2ccc(C(C)(C)C)cc2Br)C1. The van der Waals surface area contributed by atoms with E-state index in [-0.39, 0.29) is 17.2 Å². The molecule has 2 rings (SSSR count). The highest BCUT2D eigenvalue weighted by atomic mass is 79.9. The Morgan fingerprint density at radius 1 is 1.42 bits per heavy atom. The molecule has 1 fully saturated rings. The minimum absolute atomic E-state index is 0.111. The van der Waals surface area contributed by atoms with E-state index in [2.05, 4.69) is 55.4 Å². The molecule has 102 valence electrons. The van der Waals surface area contributed by atoms with Crippen molar-refractivity contribution in [2.24, 2.45) is 5.92 Å². The van der Waals surface area contributed by atoms with Gasteiger partial charge in [-0.25, -0.2) is 0 Å². The molecule has 1 heterocycles. The Labute approximate surface area is 123 Å². The van der Waals surface area contributed by atoms with Crippen LogP contribution in [0.1, 0.15) is 32.8 Å². The molecule has 1 amide bonds. The largest absolute Gasteiger partial charge is 0.311 e. The molecule has 0 spiro atoms. The summed E-state index contributed by atoms with van der Waals surface area (Å²) in [6.07, 6.45) is 2.44. The van der Waals surface area contributed by atoms with Crippen LogP contribution in [0.2, 0.25) is 0 Å². The van der Waals surface area contributed by atoms with Gasteiger partial charge in [0.2, 0.25) is 5.91 Å². The summed E-state index contributed by atoms with van der Waals surface area (Å²) in [4.78, 5) is 13.9. The van der Waals surface area contributed by atoms with Crippen molar-refractivity contribution < 1.29 is 4.79 Å². The minimum Gasteiger partial charge on any atom is -0.311 e. The summed E-state index contributed by atoms with van der Waals surface area (Å²) >= 11 is 3.60. The summed E-state index contributed by atoms with van der Waals surface area (Å²) in [7, 11) is 0. The molecular weight excluding hydrogens is 302 g/mol. The van der Waals surface area contributed by atoms with E-state index in [0.717, 1.165) is 16.7 Å². The second-order valence-electron chi connectivity index (χ2n) is 6.12. The standard InChI is InChI=1S/C16H20BrNO/c1-5-11-8-15(19)18(10-11)14-7-6-12(9-13(14)17)16(2,3)4/h5-7,9,11H,1,8,10H2,2-4H3. The van der Waals surface area contributed by atoms with Crippen molar-refractivity contribution in [3.63, 3.8) is 0 Å². The van der Waals surface area contributed by atoms with Crippen LogP contribution in [0.5, 0.6) is 0 Å². The molecule has 0 bridgehead atoms. The number of carbonyl (C=O) groups excluding carboxylic acids is 1. The van der Waals surface area contributed by atoms with E-state index in [1.807, 2.05) is 17.0 Å². The molecule has 0 aliphatic carbocycles. The van der Waals surface area contributed by atoms with Crippen molar-refractivity contribution >= 4 is 27.5 Å². The zero-order valence-electron chi connectivity index (χ0n) is 11.7. The Bertz CT molecular complexity index is 516. The molecule has 0 saturated carbocycles. The highest BCUT2D eigenvalue weighted by Crippen LogP contribution is 2.35. The fourth-order valence-electron chi connectivity index (χ4n) is 2.32. The van der Waals surface area contributed by atoms with Crippen molar-refractivity contribution in [1.82, 2.24) is 0 Å². The molecule has 1 atom stereocenters. The number of halogens is 1. The number of hydrogen-bond donors (Lipinski definition) is 0. The van der Waals surface area contributed by atoms with E-state index in [1.54, 1.807) is 0 Å². The van der Waals surface area contributed by atoms with Gasteiger partial charge in [0.05, 0.1) is 5.69 Å². The van der Waals surface area contributed by atoms with Gasteiger partial charge < -0.3 is 4.90 Å². The number of nitrogens with zero attached hydrogens (tertiary/aromatic N) is 1. The maximum atomic E-state index is 12.0. The maximum Gasteiger partial charge on any atom is 0.227 e. The van der Waals surface area contributed by atoms with Crippen LogP contribution in [0.4, 0.5) is 5.69 Å². The molecule has 1 aliphatic rings. The highest BCUT2D eigenvalue weighted by Gasteiger charge is 2.30. The maximum absolute atomic E-state index is 12.0. The fourth-order valence-corrected chi connectivity index (χ4v) is 2.91. The summed E-state index contributed by atoms with van der Waals surface area (Å²) in [5.74, 6) is 0.441. The topological polar surface area (TPSA) is 20.3 Å². The van der Waals surface area contributed by atoms with Crippen molar-refractivity contribution in [3.05, 3.63) is 40.9 Å². The second kappa shape index (κ2) is 5.12. The Kier molecular flexibility index (Phi) is 3.86. The third kappa shape index (κ3) is 2.92. The van der Waals surface area contributed by atoms with E-state index in [0.29, 0.717) is 6.42 Å². The van der Waals surface area contributed by atoms with Gasteiger partial charge in [-0.15, -0.1) is 6.58 Å². The van der Waals surface area contributed by atoms with Gasteiger partial charge in [-0.1, -0.05) is 32.9 Å². The second-order valence-corrected chi connectivity index (χ2v) is 6.97. The van der Waals surface area contributed by atoms with Crippen LogP contribution in [-0.2, 0) is 10.2 Å². The van der Waals surface area contributed by atoms with E-state index in [9.17, 15) is 4.79 Å². The molecular formula is C16H20BrNO. The van der Waals surface area contributed by atoms with Crippen LogP contribution >= 0.6 is 15.9 Å². The lowest BCUT2D eigenvalue weighted by molar-refractivity contribution is -0.117. The normalized spacial score (nSPS) is 19.9. The van der Waals surface area contributed by atoms with Gasteiger partial charge in [-0.3, -0.25) is 4.79 Å². The van der Waals surface area contributed by atoms with Crippen LogP contribution in [-0.4, -0.2) is 12.5 Å². The number of anilines is 1. The Morgan fingerprint density at radius 3 is 2.58 bits per heavy atom. The minimum atomic E-state index is 0.111. The van der Waals surface area contributed by atoms with E-state index >= 15 is 0 Å². The average Bonchev–Trinajstić information content (AvgIpc) is 2.69. The quantitative estimate of drug-likeness (QED) is 0.744. The van der Waals surface area contributed by atoms with Crippen molar-refractivity contribution in [2.45, 2.75) is 32.6 Å². The van der Waals surface area contributed by atoms with Gasteiger partial charge >= 0.3 is 0 Å². The van der Waals surface area contributed by atoms with Gasteiger partial charge in [-0.05, 0) is 39.0 Å². The smallest absolute Gasteiger partial charge is 0.227 e. The molecule has 0 radical (unpaired) electrons. The van der Waals surface area contributed by atoms with Crippen molar-refractivity contribution in [3.8, 4) is 0 Å². The van der Waals surface area contributed by atoms with Gasteiger partial charge in [0.15, 0.2) is 0 Å². The summed E-state index contributed by atoms with van der Waals surface area (Å²) in [6.45, 7) is 11.1. The first-order chi connectivity index (χ1) is 8.82. The number of hydrogen-bond acceptors (Lipinski definition) is 1. The lowest BCUT2D eigenvalue weighted by atomic mass is 9.87. The highest BCUT2D eigenvalue weighted by molar-refractivity contribution is 9.10. The number of amides is 1. The van der Waals surface area contributed by atoms with Gasteiger partial charge in [0.1, 0.15) is 0 Å². The molecule has 0 aromatic heterocycles. The molecule has 2 nitrogen and oxygen atoms in total. The first-order valence-electron chi connectivity index (χ1n) is 6.56. The molecule has 1 unspecified atom stereocenters. The van der Waals surface area contributed by atoms with E-state index in [4.69, 9.17) is 0 Å². The molecule has 1 aromatic rings. The Morgan fingerprint density at radius 2 is 2.11 bits per heavy atom. The molecule has 1 saturated heterocycles. The summed E-state index contributed by atoms with van der Waals surface area (Å²) in [5.41, 5.74) is 2.33. The van der Waals surface area contributed by atoms with Crippen LogP contribution in [0, 0.1) is 5.92 Å². The molecule has 1 aromatic carbocycles. The van der Waals surface area contributed by atoms with Gasteiger partial charge in [-0.2, -0.15) is 0 Å². The Balaban J connectivity index is 2.32. The fraction of sp³-hybridized carbons (Fsp3) is 0.438. The van der Waals surface area contributed by atoms with Crippen LogP contribution in [0.15, 0.2) is 35.3 Å². The third-order valence-electron chi connectivity index (χ3n) is 3.59. The monoisotopic (exact) mass is 321 g/mol. The Hall–Kier alpha value is -1.09. The zero-order chi connectivity index (χ0) is 14.2. The molecule has 19 heavy (non-hydrogen) atoms. The number of rotatable bonds is 2. The van der Waals surface area contributed by atoms with Crippen LogP contribution in [0.3, 0.4) is 0 Å².